The first-order valence-corrected chi connectivity index (χ1v) is 8.63. The fraction of sp³-hybridized carbons (Fsp3) is 0.588. The quantitative estimate of drug-likeness (QED) is 0.800. The van der Waals surface area contributed by atoms with Crippen LogP contribution < -0.4 is 16.2 Å². The predicted octanol–water partition coefficient (Wildman–Crippen LogP) is 2.20. The Hall–Kier alpha value is -1.10. The van der Waals surface area contributed by atoms with Gasteiger partial charge in [-0.25, -0.2) is 0 Å². The zero-order valence-electron chi connectivity index (χ0n) is 12.5. The number of carbonyl (C=O) groups is 1. The molecule has 0 aromatic heterocycles. The van der Waals surface area contributed by atoms with Crippen molar-refractivity contribution in [1.82, 2.24) is 16.2 Å². The fourth-order valence-electron chi connectivity index (χ4n) is 4.04. The molecule has 22 heavy (non-hydrogen) atoms. The van der Waals surface area contributed by atoms with E-state index >= 15 is 0 Å². The van der Waals surface area contributed by atoms with Gasteiger partial charge in [0.05, 0.1) is 0 Å². The van der Waals surface area contributed by atoms with Crippen LogP contribution in [0.4, 0.5) is 0 Å². The molecule has 3 aliphatic rings. The van der Waals surface area contributed by atoms with Crippen molar-refractivity contribution >= 4 is 17.5 Å². The molecule has 4 rings (SSSR count). The van der Waals surface area contributed by atoms with E-state index in [9.17, 15) is 4.79 Å². The van der Waals surface area contributed by atoms with Crippen LogP contribution in [0.15, 0.2) is 24.3 Å². The Morgan fingerprint density at radius 3 is 2.95 bits per heavy atom. The van der Waals surface area contributed by atoms with Crippen LogP contribution in [0.25, 0.3) is 0 Å². The first kappa shape index (κ1) is 14.5. The summed E-state index contributed by atoms with van der Waals surface area (Å²) in [6.45, 7) is 1.02. The second-order valence-corrected chi connectivity index (χ2v) is 7.29. The number of hydrogen-bond donors (Lipinski definition) is 3. The van der Waals surface area contributed by atoms with Gasteiger partial charge in [-0.1, -0.05) is 29.8 Å². The Morgan fingerprint density at radius 2 is 2.09 bits per heavy atom. The lowest BCUT2D eigenvalue weighted by molar-refractivity contribution is -0.123. The molecule has 0 radical (unpaired) electrons. The van der Waals surface area contributed by atoms with Crippen LogP contribution in [0.2, 0.25) is 5.02 Å². The number of hydrazine groups is 1. The van der Waals surface area contributed by atoms with Crippen molar-refractivity contribution in [2.45, 2.75) is 43.7 Å². The van der Waals surface area contributed by atoms with Crippen LogP contribution in [0.1, 0.15) is 37.2 Å². The lowest BCUT2D eigenvalue weighted by Gasteiger charge is -2.31. The minimum absolute atomic E-state index is 0.109. The van der Waals surface area contributed by atoms with E-state index in [0.29, 0.717) is 23.9 Å². The number of nitrogens with one attached hydrogen (secondary N) is 3. The summed E-state index contributed by atoms with van der Waals surface area (Å²) < 4.78 is 0. The fourth-order valence-corrected chi connectivity index (χ4v) is 4.32. The smallest absolute Gasteiger partial charge is 0.223 e. The minimum Gasteiger partial charge on any atom is -0.353 e. The molecule has 3 fully saturated rings. The van der Waals surface area contributed by atoms with E-state index in [-0.39, 0.29) is 11.8 Å². The summed E-state index contributed by atoms with van der Waals surface area (Å²) >= 11 is 6.24. The second-order valence-electron chi connectivity index (χ2n) is 6.88. The normalized spacial score (nSPS) is 36.7. The van der Waals surface area contributed by atoms with E-state index in [4.69, 9.17) is 11.6 Å². The maximum atomic E-state index is 12.5. The monoisotopic (exact) mass is 319 g/mol. The third-order valence-corrected chi connectivity index (χ3v) is 5.76. The predicted molar refractivity (Wildman–Crippen MR) is 86.5 cm³/mol. The molecule has 2 aliphatic carbocycles. The molecule has 5 unspecified atom stereocenters. The van der Waals surface area contributed by atoms with Crippen LogP contribution in [0.5, 0.6) is 0 Å². The molecular weight excluding hydrogens is 298 g/mol. The van der Waals surface area contributed by atoms with Crippen LogP contribution in [0, 0.1) is 11.8 Å². The second kappa shape index (κ2) is 5.84. The number of carbonyl (C=O) groups excluding carboxylic acids is 1. The molecule has 118 valence electrons. The van der Waals surface area contributed by atoms with Crippen molar-refractivity contribution in [3.8, 4) is 0 Å². The minimum atomic E-state index is 0.109. The van der Waals surface area contributed by atoms with Crippen molar-refractivity contribution in [2.75, 3.05) is 6.54 Å². The Balaban J connectivity index is 1.33. The van der Waals surface area contributed by atoms with E-state index in [1.807, 2.05) is 24.3 Å². The van der Waals surface area contributed by atoms with Gasteiger partial charge < -0.3 is 5.32 Å². The first-order valence-electron chi connectivity index (χ1n) is 8.25. The standard InChI is InChI=1S/C17H22ClN3O/c18-15-4-2-1-3-12(15)13-8-14(13)17(22)20-11-5-6-16-10(7-11)9-19-21-16/h1-4,10-11,13-14,16,19,21H,5-9H2,(H,20,22). The van der Waals surface area contributed by atoms with E-state index in [2.05, 4.69) is 16.2 Å². The van der Waals surface area contributed by atoms with Crippen molar-refractivity contribution in [3.05, 3.63) is 34.9 Å². The lowest BCUT2D eigenvalue weighted by atomic mass is 9.83. The van der Waals surface area contributed by atoms with E-state index < -0.39 is 0 Å². The summed E-state index contributed by atoms with van der Waals surface area (Å²) in [5.74, 6) is 1.28. The summed E-state index contributed by atoms with van der Waals surface area (Å²) in [5, 5.41) is 4.06. The molecule has 1 aromatic rings. The van der Waals surface area contributed by atoms with E-state index in [1.165, 1.54) is 0 Å². The molecule has 1 saturated heterocycles. The van der Waals surface area contributed by atoms with Gasteiger partial charge in [-0.05, 0) is 49.1 Å². The molecule has 0 bridgehead atoms. The number of amides is 1. The van der Waals surface area contributed by atoms with E-state index in [1.54, 1.807) is 0 Å². The van der Waals surface area contributed by atoms with Gasteiger partial charge in [-0.15, -0.1) is 0 Å². The molecule has 1 amide bonds. The Bertz CT molecular complexity index is 579. The summed E-state index contributed by atoms with van der Waals surface area (Å²) in [4.78, 5) is 12.5. The van der Waals surface area contributed by atoms with Crippen molar-refractivity contribution in [1.29, 1.82) is 0 Å². The first-order chi connectivity index (χ1) is 10.7. The summed E-state index contributed by atoms with van der Waals surface area (Å²) in [5.41, 5.74) is 7.68. The maximum Gasteiger partial charge on any atom is 0.223 e. The zero-order valence-corrected chi connectivity index (χ0v) is 13.3. The van der Waals surface area contributed by atoms with Gasteiger partial charge in [-0.2, -0.15) is 0 Å². The van der Waals surface area contributed by atoms with E-state index in [0.717, 1.165) is 42.8 Å². The molecule has 0 spiro atoms. The van der Waals surface area contributed by atoms with Gasteiger partial charge in [0.2, 0.25) is 5.91 Å². The van der Waals surface area contributed by atoms with Gasteiger partial charge in [0.15, 0.2) is 0 Å². The summed E-state index contributed by atoms with van der Waals surface area (Å²) in [6, 6.07) is 8.81. The Kier molecular flexibility index (Phi) is 3.84. The number of rotatable bonds is 3. The Morgan fingerprint density at radius 1 is 1.23 bits per heavy atom. The molecule has 5 heteroatoms. The van der Waals surface area contributed by atoms with Gasteiger partial charge in [0.25, 0.3) is 0 Å². The molecule has 3 N–H and O–H groups in total. The van der Waals surface area contributed by atoms with Crippen LogP contribution in [-0.2, 0) is 4.79 Å². The Labute approximate surface area is 136 Å². The zero-order chi connectivity index (χ0) is 15.1. The third kappa shape index (κ3) is 2.75. The van der Waals surface area contributed by atoms with Crippen LogP contribution >= 0.6 is 11.6 Å². The van der Waals surface area contributed by atoms with Gasteiger partial charge in [0, 0.05) is 29.6 Å². The summed E-state index contributed by atoms with van der Waals surface area (Å²) in [7, 11) is 0. The van der Waals surface area contributed by atoms with Gasteiger partial charge >= 0.3 is 0 Å². The number of halogens is 1. The molecule has 1 aromatic carbocycles. The van der Waals surface area contributed by atoms with Crippen molar-refractivity contribution in [3.63, 3.8) is 0 Å². The molecular formula is C17H22ClN3O. The largest absolute Gasteiger partial charge is 0.353 e. The van der Waals surface area contributed by atoms with Crippen LogP contribution in [-0.4, -0.2) is 24.5 Å². The highest BCUT2D eigenvalue weighted by atomic mass is 35.5. The number of hydrogen-bond acceptors (Lipinski definition) is 3. The maximum absolute atomic E-state index is 12.5. The highest BCUT2D eigenvalue weighted by molar-refractivity contribution is 6.31. The molecule has 1 aliphatic heterocycles. The topological polar surface area (TPSA) is 53.2 Å². The number of benzene rings is 1. The number of fused-ring (bicyclic) bond motifs is 1. The molecule has 5 atom stereocenters. The SMILES string of the molecule is O=C(NC1CCC2NNCC2C1)C1CC1c1ccccc1Cl. The third-order valence-electron chi connectivity index (χ3n) is 5.41. The summed E-state index contributed by atoms with van der Waals surface area (Å²) in [6.07, 6.45) is 4.23. The average Bonchev–Trinajstić information content (AvgIpc) is 3.18. The van der Waals surface area contributed by atoms with Crippen LogP contribution in [0.3, 0.4) is 0 Å². The molecule has 2 saturated carbocycles. The lowest BCUT2D eigenvalue weighted by Crippen LogP contribution is -2.44. The van der Waals surface area contributed by atoms with Gasteiger partial charge in [0.1, 0.15) is 0 Å². The molecule has 4 nitrogen and oxygen atoms in total. The molecule has 1 heterocycles. The highest BCUT2D eigenvalue weighted by Crippen LogP contribution is 2.49. The average molecular weight is 320 g/mol. The van der Waals surface area contributed by atoms with Crippen molar-refractivity contribution < 1.29 is 4.79 Å². The van der Waals surface area contributed by atoms with Gasteiger partial charge in [-0.3, -0.25) is 15.6 Å². The van der Waals surface area contributed by atoms with Crippen molar-refractivity contribution in [2.24, 2.45) is 11.8 Å². The highest BCUT2D eigenvalue weighted by Gasteiger charge is 2.45.